The van der Waals surface area contributed by atoms with Gasteiger partial charge < -0.3 is 18.9 Å². The molecule has 1 aliphatic heterocycles. The van der Waals surface area contributed by atoms with Gasteiger partial charge in [-0.2, -0.15) is 10.5 Å². The molecule has 0 radical (unpaired) electrons. The van der Waals surface area contributed by atoms with Gasteiger partial charge in [-0.3, -0.25) is 4.79 Å². The molecule has 0 amide bonds. The first-order valence-corrected chi connectivity index (χ1v) is 18.1. The fourth-order valence-electron chi connectivity index (χ4n) is 6.74. The second kappa shape index (κ2) is 14.6. The molecule has 0 N–H and O–H groups in total. The van der Waals surface area contributed by atoms with E-state index in [9.17, 15) is 4.79 Å². The van der Waals surface area contributed by atoms with Gasteiger partial charge in [0.15, 0.2) is 0 Å². The summed E-state index contributed by atoms with van der Waals surface area (Å²) >= 11 is 0. The summed E-state index contributed by atoms with van der Waals surface area (Å²) in [7, 11) is 1.77. The van der Waals surface area contributed by atoms with Crippen molar-refractivity contribution >= 4 is 21.8 Å². The van der Waals surface area contributed by atoms with Crippen LogP contribution in [-0.4, -0.2) is 43.7 Å². The van der Waals surface area contributed by atoms with Crippen molar-refractivity contribution < 1.29 is 23.7 Å². The summed E-state index contributed by atoms with van der Waals surface area (Å²) in [6, 6.07) is 28.0. The first-order chi connectivity index (χ1) is 22.4. The molecule has 5 nitrogen and oxygen atoms in total. The summed E-state index contributed by atoms with van der Waals surface area (Å²) in [6.07, 6.45) is 5.64. The Morgan fingerprint density at radius 3 is 2.57 bits per heavy atom. The first-order valence-electron chi connectivity index (χ1n) is 16.2. The van der Waals surface area contributed by atoms with E-state index in [0.29, 0.717) is 36.0 Å². The van der Waals surface area contributed by atoms with Gasteiger partial charge in [-0.15, -0.1) is 0 Å². The summed E-state index contributed by atoms with van der Waals surface area (Å²) in [5.74, 6) is 3.84. The average molecular weight is 637 g/mol. The van der Waals surface area contributed by atoms with E-state index in [-0.39, 0.29) is 11.9 Å². The number of aryl methyl sites for hydroxylation is 1. The smallest absolute Gasteiger partial charge is 0.306 e. The molecule has 0 fully saturated rings. The minimum absolute atomic E-state index is 0.0129. The van der Waals surface area contributed by atoms with Crippen LogP contribution in [-0.2, 0) is 29.0 Å². The minimum Gasteiger partial charge on any atom is -0.494 e. The molecule has 4 aromatic rings. The second-order valence-electron chi connectivity index (χ2n) is 12.4. The lowest BCUT2D eigenvalue weighted by Gasteiger charge is -2.30. The van der Waals surface area contributed by atoms with Crippen LogP contribution in [0.15, 0.2) is 78.9 Å². The van der Waals surface area contributed by atoms with Crippen LogP contribution in [0.25, 0.3) is 11.1 Å². The normalized spacial score (nSPS) is 17.0. The number of fused-ring (bicyclic) bond motifs is 4. The highest BCUT2D eigenvalue weighted by Crippen LogP contribution is 2.45. The zero-order valence-electron chi connectivity index (χ0n) is 27.3. The molecule has 1 aliphatic carbocycles. The van der Waals surface area contributed by atoms with E-state index in [1.807, 2.05) is 18.2 Å². The van der Waals surface area contributed by atoms with Crippen molar-refractivity contribution in [3.63, 3.8) is 0 Å². The summed E-state index contributed by atoms with van der Waals surface area (Å²) in [6.45, 7) is 6.03. The van der Waals surface area contributed by atoms with E-state index in [1.54, 1.807) is 0 Å². The molecule has 240 valence electrons. The van der Waals surface area contributed by atoms with Crippen LogP contribution in [0.5, 0.6) is 17.2 Å². The highest BCUT2D eigenvalue weighted by Gasteiger charge is 2.29. The standard InChI is InChI=1S/C40H44O5S/c1-5-46(4)17-9-16-43-34-18-27(2)40-31(22-34)21-30(19-28-10-7-6-8-11-28)35-14-12-29(20-37(35)40)25-44-33-13-15-36-32(23-39(41)42-3)26-45-38(36)24-33/h5-8,10-15,18,20,22,24,30,32H,9,16-17,19,21,23,25-26H2,1-4H3. The molecule has 4 aromatic carbocycles. The van der Waals surface area contributed by atoms with Crippen LogP contribution in [0.3, 0.4) is 0 Å². The van der Waals surface area contributed by atoms with E-state index in [0.717, 1.165) is 54.2 Å². The van der Waals surface area contributed by atoms with Crippen LogP contribution in [0.2, 0.25) is 0 Å². The summed E-state index contributed by atoms with van der Waals surface area (Å²) in [4.78, 5) is 11.8. The van der Waals surface area contributed by atoms with E-state index in [4.69, 9.17) is 18.9 Å². The maximum atomic E-state index is 11.8. The molecule has 6 rings (SSSR count). The Bertz CT molecular complexity index is 1730. The third-order valence-electron chi connectivity index (χ3n) is 9.20. The van der Waals surface area contributed by atoms with Crippen LogP contribution in [0.4, 0.5) is 0 Å². The molecule has 0 spiro atoms. The lowest BCUT2D eigenvalue weighted by molar-refractivity contribution is -0.141. The number of methoxy groups -OCH3 is 1. The summed E-state index contributed by atoms with van der Waals surface area (Å²) in [5, 5.41) is 2.29. The summed E-state index contributed by atoms with van der Waals surface area (Å²) in [5.41, 5.74) is 10.1. The molecule has 0 bridgehead atoms. The van der Waals surface area contributed by atoms with Gasteiger partial charge in [0.1, 0.15) is 23.9 Å². The first kappa shape index (κ1) is 31.9. The van der Waals surface area contributed by atoms with Crippen molar-refractivity contribution in [2.75, 3.05) is 32.3 Å². The van der Waals surface area contributed by atoms with Gasteiger partial charge >= 0.3 is 5.97 Å². The zero-order chi connectivity index (χ0) is 32.0. The number of carbonyl (C=O) groups excluding carboxylic acids is 1. The van der Waals surface area contributed by atoms with Crippen molar-refractivity contribution in [1.29, 1.82) is 0 Å². The van der Waals surface area contributed by atoms with Gasteiger partial charge in [0, 0.05) is 17.5 Å². The number of hydrogen-bond donors (Lipinski definition) is 0. The third kappa shape index (κ3) is 7.33. The molecule has 0 aromatic heterocycles. The fourth-order valence-corrected chi connectivity index (χ4v) is 7.55. The van der Waals surface area contributed by atoms with Gasteiger partial charge in [0.25, 0.3) is 0 Å². The number of benzene rings is 4. The number of esters is 1. The van der Waals surface area contributed by atoms with E-state index in [2.05, 4.69) is 86.1 Å². The van der Waals surface area contributed by atoms with Crippen molar-refractivity contribution in [3.05, 3.63) is 112 Å². The Morgan fingerprint density at radius 1 is 0.935 bits per heavy atom. The molecular formula is C40H44O5S. The maximum Gasteiger partial charge on any atom is 0.306 e. The number of carbonyl (C=O) groups is 1. The Hall–Kier alpha value is -4.03. The minimum atomic E-state index is -0.225. The molecule has 2 aliphatic rings. The number of rotatable bonds is 12. The van der Waals surface area contributed by atoms with E-state index < -0.39 is 0 Å². The highest BCUT2D eigenvalue weighted by molar-refractivity contribution is 8.14. The highest BCUT2D eigenvalue weighted by atomic mass is 32.2. The van der Waals surface area contributed by atoms with Gasteiger partial charge in [-0.1, -0.05) is 53.9 Å². The van der Waals surface area contributed by atoms with Crippen LogP contribution in [0.1, 0.15) is 65.0 Å². The van der Waals surface area contributed by atoms with Crippen molar-refractivity contribution in [3.8, 4) is 28.4 Å². The molecule has 3 atom stereocenters. The van der Waals surface area contributed by atoms with Gasteiger partial charge in [0.05, 0.1) is 26.7 Å². The van der Waals surface area contributed by atoms with Crippen LogP contribution >= 0.6 is 10.5 Å². The maximum absolute atomic E-state index is 11.8. The Kier molecular flexibility index (Phi) is 10.1. The lowest BCUT2D eigenvalue weighted by atomic mass is 9.74. The Morgan fingerprint density at radius 2 is 1.76 bits per heavy atom. The van der Waals surface area contributed by atoms with Crippen molar-refractivity contribution in [2.45, 2.75) is 58.0 Å². The Labute approximate surface area is 275 Å². The molecule has 1 heterocycles. The molecular weight excluding hydrogens is 593 g/mol. The SMILES string of the molecule is C/C=S(\C)CCCOc1cc(C)c2c(c1)CC(Cc1ccccc1)c1ccc(COc3ccc4c(c3)OCC4CC(=O)OC)cc1-2. The lowest BCUT2D eigenvalue weighted by Crippen LogP contribution is -2.15. The van der Waals surface area contributed by atoms with Crippen molar-refractivity contribution in [1.82, 2.24) is 0 Å². The molecule has 0 saturated carbocycles. The van der Waals surface area contributed by atoms with Crippen LogP contribution in [0, 0.1) is 6.92 Å². The number of hydrogen-bond acceptors (Lipinski definition) is 5. The second-order valence-corrected chi connectivity index (χ2v) is 14.7. The van der Waals surface area contributed by atoms with E-state index in [1.165, 1.54) is 46.2 Å². The quantitative estimate of drug-likeness (QED) is 0.0885. The topological polar surface area (TPSA) is 54.0 Å². The molecule has 0 saturated heterocycles. The van der Waals surface area contributed by atoms with Gasteiger partial charge in [-0.05, 0) is 114 Å². The Balaban J connectivity index is 1.23. The fraction of sp³-hybridized carbons (Fsp3) is 0.350. The van der Waals surface area contributed by atoms with Gasteiger partial charge in [-0.25, -0.2) is 0 Å². The number of ether oxygens (including phenoxy) is 4. The predicted molar refractivity (Wildman–Crippen MR) is 189 cm³/mol. The molecule has 6 heteroatoms. The van der Waals surface area contributed by atoms with Gasteiger partial charge in [0.2, 0.25) is 0 Å². The molecule has 46 heavy (non-hydrogen) atoms. The van der Waals surface area contributed by atoms with Crippen LogP contribution < -0.4 is 14.2 Å². The average Bonchev–Trinajstić information content (AvgIpc) is 3.47. The monoisotopic (exact) mass is 636 g/mol. The van der Waals surface area contributed by atoms with E-state index >= 15 is 0 Å². The predicted octanol–water partition coefficient (Wildman–Crippen LogP) is 8.65. The zero-order valence-corrected chi connectivity index (χ0v) is 28.2. The largest absolute Gasteiger partial charge is 0.494 e. The third-order valence-corrected chi connectivity index (χ3v) is 10.9. The van der Waals surface area contributed by atoms with Crippen molar-refractivity contribution in [2.24, 2.45) is 0 Å². The summed E-state index contributed by atoms with van der Waals surface area (Å²) < 4.78 is 23.3. The molecule has 3 unspecified atom stereocenters.